The van der Waals surface area contributed by atoms with Crippen LogP contribution in [0.15, 0.2) is 17.0 Å². The molecule has 0 aliphatic rings. The second kappa shape index (κ2) is 5.72. The fraction of sp³-hybridized carbons (Fsp3) is 0.250. The second-order valence-electron chi connectivity index (χ2n) is 2.88. The molecule has 76 valence electrons. The SMILES string of the molecule is Cc1cc([N+](=O)[O-])cc(S(=O)[O-])c1C.[Na+]. The van der Waals surface area contributed by atoms with Crippen molar-refractivity contribution < 1.29 is 43.2 Å². The number of nitro benzene ring substituents is 1. The Labute approximate surface area is 112 Å². The van der Waals surface area contributed by atoms with E-state index < -0.39 is 16.0 Å². The zero-order valence-electron chi connectivity index (χ0n) is 8.64. The van der Waals surface area contributed by atoms with Crippen LogP contribution < -0.4 is 29.6 Å². The van der Waals surface area contributed by atoms with Gasteiger partial charge in [-0.25, -0.2) is 0 Å². The zero-order chi connectivity index (χ0) is 10.9. The molecule has 7 heteroatoms. The van der Waals surface area contributed by atoms with Gasteiger partial charge in [-0.05, 0) is 36.1 Å². The summed E-state index contributed by atoms with van der Waals surface area (Å²) in [6.45, 7) is 3.25. The number of benzene rings is 1. The van der Waals surface area contributed by atoms with E-state index in [0.29, 0.717) is 11.1 Å². The smallest absolute Gasteiger partial charge is 0.768 e. The minimum Gasteiger partial charge on any atom is -0.768 e. The van der Waals surface area contributed by atoms with Crippen LogP contribution in [0.3, 0.4) is 0 Å². The van der Waals surface area contributed by atoms with Crippen molar-refractivity contribution in [3.8, 4) is 0 Å². The van der Waals surface area contributed by atoms with E-state index in [1.165, 1.54) is 6.07 Å². The molecule has 0 aromatic heterocycles. The van der Waals surface area contributed by atoms with E-state index in [1.54, 1.807) is 13.8 Å². The maximum Gasteiger partial charge on any atom is 1.00 e. The molecule has 0 fully saturated rings. The molecule has 1 unspecified atom stereocenters. The quantitative estimate of drug-likeness (QED) is 0.270. The van der Waals surface area contributed by atoms with Gasteiger partial charge in [-0.2, -0.15) is 0 Å². The molecule has 1 atom stereocenters. The van der Waals surface area contributed by atoms with Crippen molar-refractivity contribution in [1.82, 2.24) is 0 Å². The summed E-state index contributed by atoms with van der Waals surface area (Å²) < 4.78 is 21.5. The molecular formula is C8H8NNaO4S. The topological polar surface area (TPSA) is 83.3 Å². The van der Waals surface area contributed by atoms with Gasteiger partial charge in [0.1, 0.15) is 0 Å². The number of nitro groups is 1. The molecule has 1 rings (SSSR count). The predicted octanol–water partition coefficient (Wildman–Crippen LogP) is -1.55. The van der Waals surface area contributed by atoms with Crippen LogP contribution in [0.2, 0.25) is 0 Å². The normalized spacial score (nSPS) is 11.7. The van der Waals surface area contributed by atoms with Crippen molar-refractivity contribution in [2.24, 2.45) is 0 Å². The van der Waals surface area contributed by atoms with Crippen LogP contribution in [0.25, 0.3) is 0 Å². The molecule has 0 saturated heterocycles. The largest absolute Gasteiger partial charge is 1.00 e. The van der Waals surface area contributed by atoms with E-state index in [-0.39, 0.29) is 40.1 Å². The number of hydrogen-bond donors (Lipinski definition) is 0. The Morgan fingerprint density at radius 3 is 2.27 bits per heavy atom. The average Bonchev–Trinajstić information content (AvgIpc) is 2.08. The number of aryl methyl sites for hydroxylation is 1. The van der Waals surface area contributed by atoms with E-state index in [2.05, 4.69) is 0 Å². The molecule has 15 heavy (non-hydrogen) atoms. The number of non-ortho nitro benzene ring substituents is 1. The maximum absolute atomic E-state index is 10.7. The molecule has 1 aromatic carbocycles. The van der Waals surface area contributed by atoms with Crippen molar-refractivity contribution in [3.63, 3.8) is 0 Å². The van der Waals surface area contributed by atoms with E-state index in [9.17, 15) is 18.9 Å². The number of hydrogen-bond acceptors (Lipinski definition) is 4. The maximum atomic E-state index is 10.7. The van der Waals surface area contributed by atoms with Crippen molar-refractivity contribution >= 4 is 16.8 Å². The third-order valence-corrected chi connectivity index (χ3v) is 2.78. The van der Waals surface area contributed by atoms with Crippen LogP contribution in [-0.4, -0.2) is 13.7 Å². The predicted molar refractivity (Wildman–Crippen MR) is 49.8 cm³/mol. The summed E-state index contributed by atoms with van der Waals surface area (Å²) in [7, 11) is 0. The van der Waals surface area contributed by atoms with Crippen molar-refractivity contribution in [1.29, 1.82) is 0 Å². The first kappa shape index (κ1) is 14.7. The van der Waals surface area contributed by atoms with Crippen LogP contribution in [0.5, 0.6) is 0 Å². The molecule has 0 saturated carbocycles. The Balaban J connectivity index is 0.00000196. The molecule has 1 aromatic rings. The first-order chi connectivity index (χ1) is 6.43. The molecular weight excluding hydrogens is 229 g/mol. The second-order valence-corrected chi connectivity index (χ2v) is 3.79. The molecule has 0 bridgehead atoms. The van der Waals surface area contributed by atoms with Crippen LogP contribution >= 0.6 is 0 Å². The summed E-state index contributed by atoms with van der Waals surface area (Å²) in [6, 6.07) is 2.41. The zero-order valence-corrected chi connectivity index (χ0v) is 11.5. The van der Waals surface area contributed by atoms with Gasteiger partial charge in [0, 0.05) is 17.0 Å². The Morgan fingerprint density at radius 1 is 1.33 bits per heavy atom. The molecule has 5 nitrogen and oxygen atoms in total. The van der Waals surface area contributed by atoms with Gasteiger partial charge in [0.2, 0.25) is 0 Å². The molecule has 0 radical (unpaired) electrons. The number of rotatable bonds is 2. The van der Waals surface area contributed by atoms with Crippen LogP contribution in [0.1, 0.15) is 11.1 Å². The van der Waals surface area contributed by atoms with E-state index in [0.717, 1.165) is 6.07 Å². The molecule has 0 aliphatic carbocycles. The van der Waals surface area contributed by atoms with E-state index >= 15 is 0 Å². The molecule has 0 amide bonds. The van der Waals surface area contributed by atoms with E-state index in [1.807, 2.05) is 0 Å². The van der Waals surface area contributed by atoms with Gasteiger partial charge in [0.15, 0.2) is 0 Å². The van der Waals surface area contributed by atoms with Crippen LogP contribution in [0.4, 0.5) is 5.69 Å². The van der Waals surface area contributed by atoms with Gasteiger partial charge in [-0.15, -0.1) is 0 Å². The molecule has 0 heterocycles. The summed E-state index contributed by atoms with van der Waals surface area (Å²) in [5.74, 6) is 0. The molecule has 0 spiro atoms. The standard InChI is InChI=1S/C8H9NO4S.Na/c1-5-3-7(9(10)11)4-8(6(5)2)14(12)13;/h3-4H,1-2H3,(H,12,13);/q;+1/p-1. The monoisotopic (exact) mass is 237 g/mol. The Kier molecular flexibility index (Phi) is 5.61. The van der Waals surface area contributed by atoms with Crippen LogP contribution in [0, 0.1) is 24.0 Å². The Morgan fingerprint density at radius 2 is 1.87 bits per heavy atom. The minimum atomic E-state index is -2.43. The van der Waals surface area contributed by atoms with Gasteiger partial charge in [0.25, 0.3) is 5.69 Å². The molecule has 0 N–H and O–H groups in total. The fourth-order valence-corrected chi connectivity index (χ4v) is 1.72. The third-order valence-electron chi connectivity index (χ3n) is 1.99. The Hall–Kier alpha value is -0.270. The molecule has 0 aliphatic heterocycles. The van der Waals surface area contributed by atoms with E-state index in [4.69, 9.17) is 0 Å². The minimum absolute atomic E-state index is 0. The Bertz CT molecular complexity index is 421. The summed E-state index contributed by atoms with van der Waals surface area (Å²) >= 11 is -2.43. The third kappa shape index (κ3) is 3.35. The summed E-state index contributed by atoms with van der Waals surface area (Å²) in [5, 5.41) is 10.4. The average molecular weight is 237 g/mol. The van der Waals surface area contributed by atoms with Gasteiger partial charge in [-0.3, -0.25) is 14.3 Å². The summed E-state index contributed by atoms with van der Waals surface area (Å²) in [4.78, 5) is 9.82. The summed E-state index contributed by atoms with van der Waals surface area (Å²) in [5.41, 5.74) is 0.939. The van der Waals surface area contributed by atoms with Gasteiger partial charge >= 0.3 is 29.6 Å². The first-order valence-electron chi connectivity index (χ1n) is 3.78. The first-order valence-corrected chi connectivity index (χ1v) is 4.86. The summed E-state index contributed by atoms with van der Waals surface area (Å²) in [6.07, 6.45) is 0. The van der Waals surface area contributed by atoms with Gasteiger partial charge in [-0.1, -0.05) is 0 Å². The van der Waals surface area contributed by atoms with Crippen molar-refractivity contribution in [2.45, 2.75) is 18.7 Å². The van der Waals surface area contributed by atoms with Gasteiger partial charge < -0.3 is 4.55 Å². The van der Waals surface area contributed by atoms with Gasteiger partial charge in [0.05, 0.1) is 4.92 Å². The van der Waals surface area contributed by atoms with Crippen LogP contribution in [-0.2, 0) is 11.1 Å². The van der Waals surface area contributed by atoms with Crippen molar-refractivity contribution in [3.05, 3.63) is 33.4 Å². The fourth-order valence-electron chi connectivity index (χ4n) is 1.09. The van der Waals surface area contributed by atoms with Crippen molar-refractivity contribution in [2.75, 3.05) is 0 Å². The number of nitrogens with zero attached hydrogens (tertiary/aromatic N) is 1.